The third kappa shape index (κ3) is 5.33. The average Bonchev–Trinajstić information content (AvgIpc) is 2.75. The number of aliphatic hydroxyl groups excluding tert-OH is 1. The third-order valence-corrected chi connectivity index (χ3v) is 8.55. The molecule has 1 aliphatic carbocycles. The molecule has 1 heterocycles. The van der Waals surface area contributed by atoms with Crippen molar-refractivity contribution in [3.63, 3.8) is 0 Å². The summed E-state index contributed by atoms with van der Waals surface area (Å²) >= 11 is 0. The standard InChI is InChI=1S/C25H33NO6S/c1-6-8-19-13-17(3)22(18(4)14-19)23-20(27)15-25(16-21(23)32-24(28)31-5)9-11-26(12-10-25)33(29,30)7-2/h13-14,24,28H,7,9-12,15-16H2,1-5H3. The lowest BCUT2D eigenvalue weighted by molar-refractivity contribution is -0.233. The van der Waals surface area contributed by atoms with E-state index in [1.807, 2.05) is 26.0 Å². The van der Waals surface area contributed by atoms with E-state index in [0.717, 1.165) is 22.3 Å². The van der Waals surface area contributed by atoms with Gasteiger partial charge in [-0.2, -0.15) is 0 Å². The van der Waals surface area contributed by atoms with Gasteiger partial charge in [0, 0.05) is 38.6 Å². The number of ketones is 1. The number of allylic oxidation sites excluding steroid dienone is 2. The fraction of sp³-hybridized carbons (Fsp3) is 0.560. The van der Waals surface area contributed by atoms with Crippen molar-refractivity contribution < 1.29 is 27.8 Å². The fourth-order valence-electron chi connectivity index (χ4n) is 4.97. The summed E-state index contributed by atoms with van der Waals surface area (Å²) in [6.07, 6.45) is 1.87. The van der Waals surface area contributed by atoms with Crippen LogP contribution < -0.4 is 0 Å². The number of hydrogen-bond donors (Lipinski definition) is 1. The molecule has 1 N–H and O–H groups in total. The first kappa shape index (κ1) is 25.4. The summed E-state index contributed by atoms with van der Waals surface area (Å²) in [7, 11) is -1.94. The van der Waals surface area contributed by atoms with Crippen molar-refractivity contribution in [2.75, 3.05) is 26.0 Å². The van der Waals surface area contributed by atoms with Gasteiger partial charge in [-0.05, 0) is 74.8 Å². The minimum absolute atomic E-state index is 0.0631. The predicted molar refractivity (Wildman–Crippen MR) is 126 cm³/mol. The van der Waals surface area contributed by atoms with E-state index in [0.29, 0.717) is 50.1 Å². The van der Waals surface area contributed by atoms with Crippen LogP contribution in [-0.4, -0.2) is 56.0 Å². The molecule has 0 radical (unpaired) electrons. The van der Waals surface area contributed by atoms with E-state index in [9.17, 15) is 18.3 Å². The lowest BCUT2D eigenvalue weighted by Crippen LogP contribution is -2.46. The number of methoxy groups -OCH3 is 1. The van der Waals surface area contributed by atoms with E-state index >= 15 is 0 Å². The second kappa shape index (κ2) is 9.98. The molecule has 2 aliphatic rings. The molecule has 1 unspecified atom stereocenters. The van der Waals surface area contributed by atoms with Crippen LogP contribution in [0.15, 0.2) is 17.9 Å². The molecule has 1 aromatic carbocycles. The first-order valence-corrected chi connectivity index (χ1v) is 12.8. The molecule has 0 bridgehead atoms. The van der Waals surface area contributed by atoms with Crippen molar-refractivity contribution in [3.05, 3.63) is 40.1 Å². The van der Waals surface area contributed by atoms with Crippen molar-refractivity contribution in [3.8, 4) is 11.8 Å². The summed E-state index contributed by atoms with van der Waals surface area (Å²) in [6.45, 7) is 6.55. The number of hydrogen-bond acceptors (Lipinski definition) is 6. The summed E-state index contributed by atoms with van der Waals surface area (Å²) in [6, 6.07) is 3.89. The maximum atomic E-state index is 13.6. The molecule has 1 aliphatic heterocycles. The van der Waals surface area contributed by atoms with Crippen LogP contribution in [0.25, 0.3) is 5.57 Å². The maximum absolute atomic E-state index is 13.6. The smallest absolute Gasteiger partial charge is 0.312 e. The molecule has 33 heavy (non-hydrogen) atoms. The van der Waals surface area contributed by atoms with Crippen LogP contribution in [0.1, 0.15) is 61.8 Å². The van der Waals surface area contributed by atoms with Gasteiger partial charge in [-0.3, -0.25) is 4.79 Å². The maximum Gasteiger partial charge on any atom is 0.312 e. The highest BCUT2D eigenvalue weighted by Crippen LogP contribution is 2.49. The van der Waals surface area contributed by atoms with Gasteiger partial charge in [0.2, 0.25) is 10.0 Å². The minimum atomic E-state index is -3.27. The number of aliphatic hydroxyl groups is 1. The summed E-state index contributed by atoms with van der Waals surface area (Å²) in [5.41, 5.74) is 3.54. The number of piperidine rings is 1. The molecular weight excluding hydrogens is 442 g/mol. The lowest BCUT2D eigenvalue weighted by Gasteiger charge is -2.44. The normalized spacial score (nSPS) is 19.9. The van der Waals surface area contributed by atoms with Crippen molar-refractivity contribution in [2.45, 2.75) is 59.9 Å². The first-order chi connectivity index (χ1) is 15.6. The van der Waals surface area contributed by atoms with Crippen molar-refractivity contribution in [1.82, 2.24) is 4.31 Å². The third-order valence-electron chi connectivity index (χ3n) is 6.67. The summed E-state index contributed by atoms with van der Waals surface area (Å²) in [5.74, 6) is 6.35. The molecule has 0 amide bonds. The first-order valence-electron chi connectivity index (χ1n) is 11.2. The number of nitrogens with zero attached hydrogens (tertiary/aromatic N) is 1. The molecule has 0 aromatic heterocycles. The van der Waals surface area contributed by atoms with E-state index in [2.05, 4.69) is 11.8 Å². The largest absolute Gasteiger partial charge is 0.445 e. The van der Waals surface area contributed by atoms with Gasteiger partial charge in [0.1, 0.15) is 5.76 Å². The molecule has 180 valence electrons. The van der Waals surface area contributed by atoms with Gasteiger partial charge in [0.25, 0.3) is 0 Å². The van der Waals surface area contributed by atoms with Gasteiger partial charge in [-0.25, -0.2) is 12.7 Å². The number of carbonyl (C=O) groups excluding carboxylic acids is 1. The van der Waals surface area contributed by atoms with Gasteiger partial charge in [-0.15, -0.1) is 5.92 Å². The Morgan fingerprint density at radius 1 is 1.18 bits per heavy atom. The zero-order valence-electron chi connectivity index (χ0n) is 20.0. The highest BCUT2D eigenvalue weighted by atomic mass is 32.2. The Morgan fingerprint density at radius 2 is 1.79 bits per heavy atom. The summed E-state index contributed by atoms with van der Waals surface area (Å²) in [5, 5.41) is 10.1. The number of aryl methyl sites for hydroxylation is 2. The fourth-order valence-corrected chi connectivity index (χ4v) is 6.08. The predicted octanol–water partition coefficient (Wildman–Crippen LogP) is 3.12. The molecule has 1 fully saturated rings. The number of benzene rings is 1. The zero-order chi connectivity index (χ0) is 24.4. The van der Waals surface area contributed by atoms with E-state index in [1.165, 1.54) is 11.4 Å². The van der Waals surface area contributed by atoms with Gasteiger partial charge in [-0.1, -0.05) is 5.92 Å². The highest BCUT2D eigenvalue weighted by molar-refractivity contribution is 7.89. The van der Waals surface area contributed by atoms with Crippen LogP contribution >= 0.6 is 0 Å². The molecule has 7 nitrogen and oxygen atoms in total. The van der Waals surface area contributed by atoms with Gasteiger partial charge in [0.05, 0.1) is 11.3 Å². The average molecular weight is 476 g/mol. The van der Waals surface area contributed by atoms with Gasteiger partial charge >= 0.3 is 6.48 Å². The van der Waals surface area contributed by atoms with E-state index in [4.69, 9.17) is 9.47 Å². The van der Waals surface area contributed by atoms with Gasteiger partial charge < -0.3 is 14.6 Å². The van der Waals surface area contributed by atoms with Crippen LogP contribution in [0.2, 0.25) is 0 Å². The SMILES string of the molecule is CC#Cc1cc(C)c(C2=C(OC(O)OC)CC3(CCN(S(=O)(=O)CC)CC3)CC2=O)c(C)c1. The Morgan fingerprint density at radius 3 is 2.30 bits per heavy atom. The number of rotatable bonds is 6. The van der Waals surface area contributed by atoms with Crippen molar-refractivity contribution >= 4 is 21.4 Å². The van der Waals surface area contributed by atoms with Crippen LogP contribution in [0.5, 0.6) is 0 Å². The van der Waals surface area contributed by atoms with Gasteiger partial charge in [0.15, 0.2) is 5.78 Å². The van der Waals surface area contributed by atoms with Crippen molar-refractivity contribution in [1.29, 1.82) is 0 Å². The molecular formula is C25H33NO6S. The molecule has 1 atom stereocenters. The molecule has 1 spiro atoms. The number of ether oxygens (including phenoxy) is 2. The van der Waals surface area contributed by atoms with Crippen LogP contribution in [0, 0.1) is 31.1 Å². The second-order valence-electron chi connectivity index (χ2n) is 8.90. The molecule has 3 rings (SSSR count). The Bertz CT molecular complexity index is 1090. The van der Waals surface area contributed by atoms with Crippen LogP contribution in [-0.2, 0) is 24.3 Å². The molecule has 1 saturated heterocycles. The summed E-state index contributed by atoms with van der Waals surface area (Å²) < 4.78 is 36.7. The quantitative estimate of drug-likeness (QED) is 0.502. The number of sulfonamides is 1. The van der Waals surface area contributed by atoms with E-state index < -0.39 is 21.9 Å². The zero-order valence-corrected chi connectivity index (χ0v) is 20.8. The van der Waals surface area contributed by atoms with Crippen LogP contribution in [0.3, 0.4) is 0 Å². The monoisotopic (exact) mass is 475 g/mol. The Hall–Kier alpha value is -2.18. The topological polar surface area (TPSA) is 93.1 Å². The number of carbonyl (C=O) groups is 1. The Balaban J connectivity index is 2.03. The molecule has 8 heteroatoms. The van der Waals surface area contributed by atoms with Crippen LogP contribution in [0.4, 0.5) is 0 Å². The van der Waals surface area contributed by atoms with E-state index in [1.54, 1.807) is 13.8 Å². The molecule has 1 aromatic rings. The molecule has 0 saturated carbocycles. The lowest BCUT2D eigenvalue weighted by atomic mass is 9.66. The van der Waals surface area contributed by atoms with Crippen molar-refractivity contribution in [2.24, 2.45) is 5.41 Å². The number of Topliss-reactive ketones (excluding diaryl/α,β-unsaturated/α-hetero) is 1. The minimum Gasteiger partial charge on any atom is -0.445 e. The Labute approximate surface area is 196 Å². The van der Waals surface area contributed by atoms with E-state index in [-0.39, 0.29) is 11.5 Å². The highest BCUT2D eigenvalue weighted by Gasteiger charge is 2.45. The second-order valence-corrected chi connectivity index (χ2v) is 11.2. The Kier molecular flexibility index (Phi) is 7.69. The summed E-state index contributed by atoms with van der Waals surface area (Å²) in [4.78, 5) is 13.6.